The Labute approximate surface area is 138 Å². The zero-order valence-corrected chi connectivity index (χ0v) is 13.9. The predicted octanol–water partition coefficient (Wildman–Crippen LogP) is 4.58. The smallest absolute Gasteiger partial charge is 0.263 e. The predicted molar refractivity (Wildman–Crippen MR) is 88.1 cm³/mol. The van der Waals surface area contributed by atoms with Crippen LogP contribution in [0.15, 0.2) is 47.4 Å². The lowest BCUT2D eigenvalue weighted by molar-refractivity contribution is 0.601. The number of halogens is 3. The van der Waals surface area contributed by atoms with Crippen LogP contribution in [0.5, 0.6) is 0 Å². The third-order valence-electron chi connectivity index (χ3n) is 2.77. The number of rotatable bonds is 5. The first-order chi connectivity index (χ1) is 9.92. The topological polar surface area (TPSA) is 46.2 Å². The fourth-order valence-corrected chi connectivity index (χ4v) is 3.78. The molecule has 0 saturated heterocycles. The van der Waals surface area contributed by atoms with E-state index in [2.05, 4.69) is 4.72 Å². The third-order valence-corrected chi connectivity index (χ3v) is 5.06. The molecular weight excluding hydrogens is 353 g/mol. The minimum Gasteiger partial charge on any atom is -0.280 e. The molecule has 7 heteroatoms. The van der Waals surface area contributed by atoms with Crippen LogP contribution in [0.4, 0.5) is 5.69 Å². The molecule has 0 heterocycles. The number of alkyl halides is 1. The first-order valence-corrected chi connectivity index (χ1v) is 8.82. The Hall–Kier alpha value is -0.940. The molecule has 21 heavy (non-hydrogen) atoms. The summed E-state index contributed by atoms with van der Waals surface area (Å²) in [5, 5.41) is 0.419. The summed E-state index contributed by atoms with van der Waals surface area (Å²) < 4.78 is 27.1. The Kier molecular flexibility index (Phi) is 5.38. The number of hydrogen-bond acceptors (Lipinski definition) is 2. The van der Waals surface area contributed by atoms with Crippen molar-refractivity contribution in [1.82, 2.24) is 0 Å². The lowest BCUT2D eigenvalue weighted by Gasteiger charge is -2.10. The molecule has 1 N–H and O–H groups in total. The average molecular weight is 365 g/mol. The fraction of sp³-hybridized carbons (Fsp3) is 0.143. The minimum absolute atomic E-state index is 0.0542. The Morgan fingerprint density at radius 1 is 1.00 bits per heavy atom. The van der Waals surface area contributed by atoms with Crippen molar-refractivity contribution in [3.05, 3.63) is 58.1 Å². The SMILES string of the molecule is O=S(=O)(Nc1ccc(CCCl)cc1)c1cc(Cl)ccc1Cl. The monoisotopic (exact) mass is 363 g/mol. The molecule has 2 rings (SSSR count). The maximum atomic E-state index is 12.3. The van der Waals surface area contributed by atoms with Gasteiger partial charge in [0.05, 0.1) is 5.02 Å². The molecule has 2 aromatic carbocycles. The molecule has 0 aliphatic carbocycles. The van der Waals surface area contributed by atoms with Crippen molar-refractivity contribution in [3.63, 3.8) is 0 Å². The van der Waals surface area contributed by atoms with Crippen molar-refractivity contribution < 1.29 is 8.42 Å². The summed E-state index contributed by atoms with van der Waals surface area (Å²) in [6.45, 7) is 0. The second-order valence-electron chi connectivity index (χ2n) is 4.32. The van der Waals surface area contributed by atoms with E-state index >= 15 is 0 Å². The quantitative estimate of drug-likeness (QED) is 0.790. The van der Waals surface area contributed by atoms with Gasteiger partial charge in [0.25, 0.3) is 10.0 Å². The molecule has 0 atom stereocenters. The molecule has 0 radical (unpaired) electrons. The molecule has 112 valence electrons. The second-order valence-corrected chi connectivity index (χ2v) is 7.19. The van der Waals surface area contributed by atoms with Crippen molar-refractivity contribution in [2.45, 2.75) is 11.3 Å². The van der Waals surface area contributed by atoms with E-state index in [9.17, 15) is 8.42 Å². The summed E-state index contributed by atoms with van der Waals surface area (Å²) in [5.41, 5.74) is 1.48. The Bertz CT molecular complexity index is 730. The number of sulfonamides is 1. The standard InChI is InChI=1S/C14H12Cl3NO2S/c15-8-7-10-1-4-12(5-2-10)18-21(19,20)14-9-11(16)3-6-13(14)17/h1-6,9,18H,7-8H2. The van der Waals surface area contributed by atoms with Crippen molar-refractivity contribution in [1.29, 1.82) is 0 Å². The molecule has 0 saturated carbocycles. The number of hydrogen-bond donors (Lipinski definition) is 1. The zero-order chi connectivity index (χ0) is 15.5. The molecular formula is C14H12Cl3NO2S. The molecule has 3 nitrogen and oxygen atoms in total. The first kappa shape index (κ1) is 16.4. The average Bonchev–Trinajstić information content (AvgIpc) is 2.43. The number of aryl methyl sites for hydroxylation is 1. The summed E-state index contributed by atoms with van der Waals surface area (Å²) in [7, 11) is -3.78. The van der Waals surface area contributed by atoms with E-state index in [1.54, 1.807) is 12.1 Å². The summed E-state index contributed by atoms with van der Waals surface area (Å²) in [4.78, 5) is -0.0542. The minimum atomic E-state index is -3.78. The highest BCUT2D eigenvalue weighted by atomic mass is 35.5. The van der Waals surface area contributed by atoms with E-state index in [1.807, 2.05) is 12.1 Å². The van der Waals surface area contributed by atoms with Crippen LogP contribution in [-0.4, -0.2) is 14.3 Å². The van der Waals surface area contributed by atoms with Crippen LogP contribution < -0.4 is 4.72 Å². The van der Waals surface area contributed by atoms with Gasteiger partial charge in [0.1, 0.15) is 4.90 Å². The van der Waals surface area contributed by atoms with Crippen LogP contribution in [0.3, 0.4) is 0 Å². The van der Waals surface area contributed by atoms with E-state index < -0.39 is 10.0 Å². The summed E-state index contributed by atoms with van der Waals surface area (Å²) in [6, 6.07) is 11.3. The van der Waals surface area contributed by atoms with Crippen molar-refractivity contribution >= 4 is 50.5 Å². The van der Waals surface area contributed by atoms with Gasteiger partial charge in [-0.1, -0.05) is 35.3 Å². The number of benzene rings is 2. The van der Waals surface area contributed by atoms with Crippen LogP contribution in [-0.2, 0) is 16.4 Å². The van der Waals surface area contributed by atoms with Crippen LogP contribution in [0.25, 0.3) is 0 Å². The van der Waals surface area contributed by atoms with Crippen molar-refractivity contribution in [3.8, 4) is 0 Å². The van der Waals surface area contributed by atoms with E-state index in [0.29, 0.717) is 16.6 Å². The van der Waals surface area contributed by atoms with Crippen LogP contribution in [0, 0.1) is 0 Å². The molecule has 0 unspecified atom stereocenters. The first-order valence-electron chi connectivity index (χ1n) is 6.05. The van der Waals surface area contributed by atoms with Gasteiger partial charge in [0.15, 0.2) is 0 Å². The van der Waals surface area contributed by atoms with E-state index in [4.69, 9.17) is 34.8 Å². The Morgan fingerprint density at radius 3 is 2.29 bits per heavy atom. The molecule has 0 aliphatic rings. The highest BCUT2D eigenvalue weighted by Crippen LogP contribution is 2.26. The summed E-state index contributed by atoms with van der Waals surface area (Å²) in [6.07, 6.45) is 0.731. The molecule has 0 aromatic heterocycles. The largest absolute Gasteiger partial charge is 0.280 e. The van der Waals surface area contributed by atoms with Gasteiger partial charge < -0.3 is 0 Å². The number of anilines is 1. The third kappa shape index (κ3) is 4.27. The molecule has 0 bridgehead atoms. The van der Waals surface area contributed by atoms with Crippen molar-refractivity contribution in [2.24, 2.45) is 0 Å². The molecule has 0 spiro atoms. The molecule has 0 aliphatic heterocycles. The normalized spacial score (nSPS) is 11.4. The lowest BCUT2D eigenvalue weighted by Crippen LogP contribution is -2.13. The van der Waals surface area contributed by atoms with Crippen LogP contribution in [0.1, 0.15) is 5.56 Å². The van der Waals surface area contributed by atoms with Gasteiger partial charge in [-0.05, 0) is 42.3 Å². The molecule has 0 fully saturated rings. The van der Waals surface area contributed by atoms with Crippen LogP contribution in [0.2, 0.25) is 10.0 Å². The zero-order valence-electron chi connectivity index (χ0n) is 10.8. The van der Waals surface area contributed by atoms with Gasteiger partial charge in [0, 0.05) is 16.6 Å². The van der Waals surface area contributed by atoms with E-state index in [1.165, 1.54) is 18.2 Å². The van der Waals surface area contributed by atoms with Crippen LogP contribution >= 0.6 is 34.8 Å². The van der Waals surface area contributed by atoms with Gasteiger partial charge in [-0.15, -0.1) is 11.6 Å². The molecule has 2 aromatic rings. The van der Waals surface area contributed by atoms with Gasteiger partial charge in [-0.2, -0.15) is 0 Å². The van der Waals surface area contributed by atoms with Gasteiger partial charge in [-0.3, -0.25) is 4.72 Å². The summed E-state index contributed by atoms with van der Waals surface area (Å²) in [5.74, 6) is 0.517. The maximum Gasteiger partial charge on any atom is 0.263 e. The van der Waals surface area contributed by atoms with Gasteiger partial charge in [-0.25, -0.2) is 8.42 Å². The van der Waals surface area contributed by atoms with Gasteiger partial charge >= 0.3 is 0 Å². The van der Waals surface area contributed by atoms with Gasteiger partial charge in [0.2, 0.25) is 0 Å². The van der Waals surface area contributed by atoms with Crippen molar-refractivity contribution in [2.75, 3.05) is 10.6 Å². The highest BCUT2D eigenvalue weighted by Gasteiger charge is 2.18. The maximum absolute atomic E-state index is 12.3. The lowest BCUT2D eigenvalue weighted by atomic mass is 10.2. The Morgan fingerprint density at radius 2 is 1.67 bits per heavy atom. The second kappa shape index (κ2) is 6.88. The van der Waals surface area contributed by atoms with E-state index in [0.717, 1.165) is 12.0 Å². The van der Waals surface area contributed by atoms with E-state index in [-0.39, 0.29) is 9.92 Å². The molecule has 0 amide bonds. The summed E-state index contributed by atoms with van der Waals surface area (Å²) >= 11 is 17.4. The highest BCUT2D eigenvalue weighted by molar-refractivity contribution is 7.92. The fourth-order valence-electron chi connectivity index (χ4n) is 1.74. The Balaban J connectivity index is 2.26. The number of nitrogens with one attached hydrogen (secondary N) is 1.